The average Bonchev–Trinajstić information content (AvgIpc) is 2.96. The number of hydrogen-bond acceptors (Lipinski definition) is 4. The normalized spacial score (nSPS) is 10.6. The molecule has 27 heavy (non-hydrogen) atoms. The molecule has 7 nitrogen and oxygen atoms in total. The van der Waals surface area contributed by atoms with Gasteiger partial charge in [0.05, 0.1) is 31.9 Å². The fourth-order valence-corrected chi connectivity index (χ4v) is 3.10. The lowest BCUT2D eigenvalue weighted by atomic mass is 10.1. The number of para-hydroxylation sites is 1. The molecule has 3 aromatic rings. The number of benzene rings is 2. The Kier molecular flexibility index (Phi) is 5.03. The van der Waals surface area contributed by atoms with Gasteiger partial charge in [0.15, 0.2) is 11.5 Å². The molecule has 3 rings (SSSR count). The van der Waals surface area contributed by atoms with Crippen LogP contribution in [0.15, 0.2) is 36.4 Å². The van der Waals surface area contributed by atoms with Crippen LogP contribution in [0.1, 0.15) is 21.6 Å². The number of aryl methyl sites for hydroxylation is 1. The van der Waals surface area contributed by atoms with Crippen molar-refractivity contribution < 1.29 is 19.1 Å². The number of nitrogens with two attached hydrogens (primary N) is 1. The van der Waals surface area contributed by atoms with Crippen molar-refractivity contribution in [2.24, 2.45) is 5.73 Å². The van der Waals surface area contributed by atoms with Crippen LogP contribution in [0.4, 0.5) is 5.69 Å². The first-order valence-corrected chi connectivity index (χ1v) is 8.36. The molecule has 2 aromatic carbocycles. The minimum absolute atomic E-state index is 0.150. The van der Waals surface area contributed by atoms with Crippen LogP contribution in [0.5, 0.6) is 11.5 Å². The Morgan fingerprint density at radius 1 is 1.11 bits per heavy atom. The molecular weight excluding hydrogens is 346 g/mol. The van der Waals surface area contributed by atoms with E-state index in [0.717, 1.165) is 22.2 Å². The van der Waals surface area contributed by atoms with E-state index < -0.39 is 5.91 Å². The highest BCUT2D eigenvalue weighted by Crippen LogP contribution is 2.33. The number of H-pyrrole nitrogens is 1. The Labute approximate surface area is 156 Å². The number of amides is 2. The Hall–Kier alpha value is -3.48. The molecule has 1 aromatic heterocycles. The number of rotatable bonds is 6. The minimum atomic E-state index is -0.672. The van der Waals surface area contributed by atoms with Gasteiger partial charge in [-0.05, 0) is 24.6 Å². The van der Waals surface area contributed by atoms with Gasteiger partial charge >= 0.3 is 0 Å². The zero-order chi connectivity index (χ0) is 19.6. The number of ether oxygens (including phenoxy) is 2. The summed E-state index contributed by atoms with van der Waals surface area (Å²) in [5.41, 5.74) is 8.68. The lowest BCUT2D eigenvalue weighted by molar-refractivity contribution is -0.115. The second-order valence-electron chi connectivity index (χ2n) is 6.12. The molecule has 0 bridgehead atoms. The number of anilines is 1. The van der Waals surface area contributed by atoms with Crippen LogP contribution < -0.4 is 20.5 Å². The Morgan fingerprint density at radius 3 is 2.44 bits per heavy atom. The van der Waals surface area contributed by atoms with Gasteiger partial charge in [-0.3, -0.25) is 9.59 Å². The third-order valence-electron chi connectivity index (χ3n) is 4.43. The predicted octanol–water partition coefficient (Wildman–Crippen LogP) is 2.77. The van der Waals surface area contributed by atoms with Crippen molar-refractivity contribution in [1.29, 1.82) is 0 Å². The van der Waals surface area contributed by atoms with Gasteiger partial charge in [0.1, 0.15) is 0 Å². The number of fused-ring (bicyclic) bond motifs is 1. The van der Waals surface area contributed by atoms with Crippen LogP contribution in [-0.4, -0.2) is 31.0 Å². The zero-order valence-corrected chi connectivity index (χ0v) is 15.4. The number of nitrogens with one attached hydrogen (secondary N) is 2. The predicted molar refractivity (Wildman–Crippen MR) is 103 cm³/mol. The summed E-state index contributed by atoms with van der Waals surface area (Å²) in [6.45, 7) is 1.92. The van der Waals surface area contributed by atoms with Gasteiger partial charge < -0.3 is 25.5 Å². The molecule has 140 valence electrons. The van der Waals surface area contributed by atoms with E-state index >= 15 is 0 Å². The van der Waals surface area contributed by atoms with E-state index in [0.29, 0.717) is 11.5 Å². The van der Waals surface area contributed by atoms with Crippen molar-refractivity contribution in [3.8, 4) is 11.5 Å². The molecule has 7 heteroatoms. The molecule has 4 N–H and O–H groups in total. The standard InChI is InChI=1S/C20H21N3O4/c1-11-13(12-6-4-5-7-15(12)22-11)9-19(24)23-16-10-18(27-3)17(26-2)8-14(16)20(21)25/h4-8,10,22H,9H2,1-3H3,(H2,21,25)(H,23,24). The van der Waals surface area contributed by atoms with Crippen molar-refractivity contribution in [2.45, 2.75) is 13.3 Å². The number of aromatic nitrogens is 1. The zero-order valence-electron chi connectivity index (χ0n) is 15.4. The van der Waals surface area contributed by atoms with Gasteiger partial charge in [0.2, 0.25) is 5.91 Å². The third kappa shape index (κ3) is 3.57. The number of carbonyl (C=O) groups excluding carboxylic acids is 2. The third-order valence-corrected chi connectivity index (χ3v) is 4.43. The molecule has 2 amide bonds. The fourth-order valence-electron chi connectivity index (χ4n) is 3.10. The molecule has 0 aliphatic heterocycles. The van der Waals surface area contributed by atoms with Crippen LogP contribution >= 0.6 is 0 Å². The van der Waals surface area contributed by atoms with E-state index in [1.165, 1.54) is 26.4 Å². The second kappa shape index (κ2) is 7.41. The quantitative estimate of drug-likeness (QED) is 0.623. The van der Waals surface area contributed by atoms with Crippen molar-refractivity contribution in [2.75, 3.05) is 19.5 Å². The number of carbonyl (C=O) groups is 2. The summed E-state index contributed by atoms with van der Waals surface area (Å²) >= 11 is 0. The fraction of sp³-hybridized carbons (Fsp3) is 0.200. The lowest BCUT2D eigenvalue weighted by Crippen LogP contribution is -2.20. The number of methoxy groups -OCH3 is 2. The number of aromatic amines is 1. The first-order chi connectivity index (χ1) is 12.9. The molecule has 0 fully saturated rings. The number of primary amides is 1. The molecule has 0 aliphatic carbocycles. The maximum absolute atomic E-state index is 12.7. The highest BCUT2D eigenvalue weighted by molar-refractivity contribution is 6.05. The van der Waals surface area contributed by atoms with Crippen molar-refractivity contribution in [3.05, 3.63) is 53.2 Å². The second-order valence-corrected chi connectivity index (χ2v) is 6.12. The van der Waals surface area contributed by atoms with E-state index in [-0.39, 0.29) is 23.6 Å². The smallest absolute Gasteiger partial charge is 0.250 e. The van der Waals surface area contributed by atoms with Crippen LogP contribution in [0.25, 0.3) is 10.9 Å². The Bertz CT molecular complexity index is 1020. The molecule has 0 aliphatic rings. The maximum Gasteiger partial charge on any atom is 0.250 e. The van der Waals surface area contributed by atoms with Gasteiger partial charge in [-0.2, -0.15) is 0 Å². The number of hydrogen-bond donors (Lipinski definition) is 3. The molecule has 0 spiro atoms. The van der Waals surface area contributed by atoms with Crippen molar-refractivity contribution in [3.63, 3.8) is 0 Å². The molecule has 0 saturated heterocycles. The van der Waals surface area contributed by atoms with E-state index in [9.17, 15) is 9.59 Å². The molecule has 0 unspecified atom stereocenters. The van der Waals surface area contributed by atoms with Gasteiger partial charge in [0, 0.05) is 22.7 Å². The topological polar surface area (TPSA) is 106 Å². The van der Waals surface area contributed by atoms with E-state index in [1.807, 2.05) is 31.2 Å². The lowest BCUT2D eigenvalue weighted by Gasteiger charge is -2.14. The monoisotopic (exact) mass is 367 g/mol. The Morgan fingerprint density at radius 2 is 1.78 bits per heavy atom. The summed E-state index contributed by atoms with van der Waals surface area (Å²) < 4.78 is 10.4. The molecule has 0 atom stereocenters. The Balaban J connectivity index is 1.91. The highest BCUT2D eigenvalue weighted by Gasteiger charge is 2.18. The average molecular weight is 367 g/mol. The van der Waals surface area contributed by atoms with Crippen LogP contribution in [0, 0.1) is 6.92 Å². The van der Waals surface area contributed by atoms with E-state index in [1.54, 1.807) is 0 Å². The summed E-state index contributed by atoms with van der Waals surface area (Å²) in [6.07, 6.45) is 0.155. The van der Waals surface area contributed by atoms with Gasteiger partial charge in [-0.15, -0.1) is 0 Å². The van der Waals surface area contributed by atoms with Crippen LogP contribution in [0.2, 0.25) is 0 Å². The van der Waals surface area contributed by atoms with Gasteiger partial charge in [-0.1, -0.05) is 18.2 Å². The molecule has 0 radical (unpaired) electrons. The minimum Gasteiger partial charge on any atom is -0.493 e. The van der Waals surface area contributed by atoms with Crippen LogP contribution in [-0.2, 0) is 11.2 Å². The van der Waals surface area contributed by atoms with Gasteiger partial charge in [-0.25, -0.2) is 0 Å². The summed E-state index contributed by atoms with van der Waals surface area (Å²) in [5, 5.41) is 3.75. The SMILES string of the molecule is COc1cc(NC(=O)Cc2c(C)[nH]c3ccccc23)c(C(N)=O)cc1OC. The summed E-state index contributed by atoms with van der Waals surface area (Å²) in [6, 6.07) is 10.8. The maximum atomic E-state index is 12.7. The molecular formula is C20H21N3O4. The molecule has 0 saturated carbocycles. The molecule has 1 heterocycles. The van der Waals surface area contributed by atoms with Crippen molar-refractivity contribution >= 4 is 28.4 Å². The summed E-state index contributed by atoms with van der Waals surface area (Å²) in [7, 11) is 2.93. The summed E-state index contributed by atoms with van der Waals surface area (Å²) in [5.74, 6) is -0.190. The van der Waals surface area contributed by atoms with Crippen molar-refractivity contribution in [1.82, 2.24) is 4.98 Å². The summed E-state index contributed by atoms with van der Waals surface area (Å²) in [4.78, 5) is 27.7. The highest BCUT2D eigenvalue weighted by atomic mass is 16.5. The van der Waals surface area contributed by atoms with E-state index in [4.69, 9.17) is 15.2 Å². The largest absolute Gasteiger partial charge is 0.493 e. The van der Waals surface area contributed by atoms with E-state index in [2.05, 4.69) is 10.3 Å². The first kappa shape index (κ1) is 18.3. The first-order valence-electron chi connectivity index (χ1n) is 8.36. The van der Waals surface area contributed by atoms with Gasteiger partial charge in [0.25, 0.3) is 5.91 Å². The van der Waals surface area contributed by atoms with Crippen LogP contribution in [0.3, 0.4) is 0 Å².